The average molecular weight is 172 g/mol. The fourth-order valence-corrected chi connectivity index (χ4v) is 1.64. The lowest BCUT2D eigenvalue weighted by molar-refractivity contribution is -0.143. The van der Waals surface area contributed by atoms with Gasteiger partial charge in [-0.25, -0.2) is 5.01 Å². The maximum atomic E-state index is 5.28. The maximum absolute atomic E-state index is 5.28. The Morgan fingerprint density at radius 1 is 1.42 bits per heavy atom. The second-order valence-electron chi connectivity index (χ2n) is 3.50. The van der Waals surface area contributed by atoms with Gasteiger partial charge < -0.3 is 0 Å². The van der Waals surface area contributed by atoms with E-state index in [0.717, 1.165) is 25.6 Å². The van der Waals surface area contributed by atoms with Gasteiger partial charge in [0.05, 0.1) is 6.61 Å². The predicted molar refractivity (Wildman–Crippen MR) is 49.3 cm³/mol. The summed E-state index contributed by atoms with van der Waals surface area (Å²) in [7, 11) is 0. The highest BCUT2D eigenvalue weighted by Crippen LogP contribution is 2.11. The molecule has 12 heavy (non-hydrogen) atoms. The van der Waals surface area contributed by atoms with Crippen LogP contribution in [0.25, 0.3) is 0 Å². The smallest absolute Gasteiger partial charge is 0.0739 e. The van der Waals surface area contributed by atoms with Crippen molar-refractivity contribution in [3.63, 3.8) is 0 Å². The lowest BCUT2D eigenvalue weighted by Gasteiger charge is -2.32. The standard InChI is InChI=1S/C9H20N2O/c1-3-5-9-7-11(6-4-2)10-12-8-9/h9-10H,3-8H2,1-2H3. The minimum absolute atomic E-state index is 0.725. The molecule has 1 aliphatic heterocycles. The van der Waals surface area contributed by atoms with Crippen LogP contribution in [0.4, 0.5) is 0 Å². The van der Waals surface area contributed by atoms with Crippen LogP contribution < -0.4 is 5.59 Å². The molecule has 1 rings (SSSR count). The van der Waals surface area contributed by atoms with Crippen LogP contribution in [0.3, 0.4) is 0 Å². The molecule has 1 fully saturated rings. The molecule has 1 atom stereocenters. The van der Waals surface area contributed by atoms with Crippen molar-refractivity contribution in [3.05, 3.63) is 0 Å². The second-order valence-corrected chi connectivity index (χ2v) is 3.50. The minimum Gasteiger partial charge on any atom is -0.286 e. The highest BCUT2D eigenvalue weighted by atomic mass is 16.7. The van der Waals surface area contributed by atoms with Crippen molar-refractivity contribution in [2.24, 2.45) is 5.92 Å². The average Bonchev–Trinajstić information content (AvgIpc) is 2.06. The topological polar surface area (TPSA) is 24.5 Å². The fraction of sp³-hybridized carbons (Fsp3) is 1.00. The van der Waals surface area contributed by atoms with Crippen molar-refractivity contribution >= 4 is 0 Å². The minimum atomic E-state index is 0.725. The molecule has 1 N–H and O–H groups in total. The van der Waals surface area contributed by atoms with E-state index in [2.05, 4.69) is 24.4 Å². The number of nitrogens with zero attached hydrogens (tertiary/aromatic N) is 1. The van der Waals surface area contributed by atoms with Gasteiger partial charge in [-0.1, -0.05) is 20.3 Å². The van der Waals surface area contributed by atoms with Crippen LogP contribution in [0.5, 0.6) is 0 Å². The lowest BCUT2D eigenvalue weighted by Crippen LogP contribution is -2.48. The lowest BCUT2D eigenvalue weighted by atomic mass is 10.0. The zero-order valence-electron chi connectivity index (χ0n) is 8.18. The van der Waals surface area contributed by atoms with Gasteiger partial charge in [-0.05, 0) is 18.8 Å². The van der Waals surface area contributed by atoms with Gasteiger partial charge in [-0.15, -0.1) is 5.59 Å². The molecule has 0 aromatic carbocycles. The number of hydrogen-bond acceptors (Lipinski definition) is 3. The number of nitrogens with one attached hydrogen (secondary N) is 1. The SMILES string of the molecule is CCCC1CONN(CCC)C1. The molecule has 1 unspecified atom stereocenters. The van der Waals surface area contributed by atoms with Gasteiger partial charge in [-0.3, -0.25) is 4.84 Å². The summed E-state index contributed by atoms with van der Waals surface area (Å²) < 4.78 is 0. The second kappa shape index (κ2) is 5.51. The fourth-order valence-electron chi connectivity index (χ4n) is 1.64. The molecule has 1 aliphatic rings. The van der Waals surface area contributed by atoms with Gasteiger partial charge in [0.25, 0.3) is 0 Å². The molecule has 0 aromatic rings. The Kier molecular flexibility index (Phi) is 4.58. The molecule has 0 amide bonds. The van der Waals surface area contributed by atoms with Crippen molar-refractivity contribution in [1.82, 2.24) is 10.6 Å². The van der Waals surface area contributed by atoms with Gasteiger partial charge in [0.15, 0.2) is 0 Å². The molecule has 1 heterocycles. The quantitative estimate of drug-likeness (QED) is 0.696. The molecule has 3 nitrogen and oxygen atoms in total. The van der Waals surface area contributed by atoms with Crippen molar-refractivity contribution in [3.8, 4) is 0 Å². The molecular formula is C9H20N2O. The molecule has 0 aromatic heterocycles. The third-order valence-electron chi connectivity index (χ3n) is 2.18. The van der Waals surface area contributed by atoms with Crippen LogP contribution >= 0.6 is 0 Å². The molecular weight excluding hydrogens is 152 g/mol. The number of hydrogen-bond donors (Lipinski definition) is 1. The van der Waals surface area contributed by atoms with E-state index in [9.17, 15) is 0 Å². The Labute approximate surface area is 75.0 Å². The summed E-state index contributed by atoms with van der Waals surface area (Å²) in [6, 6.07) is 0. The molecule has 0 spiro atoms. The molecule has 3 heteroatoms. The third kappa shape index (κ3) is 3.09. The summed E-state index contributed by atoms with van der Waals surface area (Å²) in [6.45, 7) is 7.51. The van der Waals surface area contributed by atoms with Crippen molar-refractivity contribution in [1.29, 1.82) is 0 Å². The van der Waals surface area contributed by atoms with E-state index in [1.165, 1.54) is 19.3 Å². The molecule has 0 saturated carbocycles. The zero-order valence-corrected chi connectivity index (χ0v) is 8.18. The van der Waals surface area contributed by atoms with Gasteiger partial charge in [-0.2, -0.15) is 0 Å². The summed E-state index contributed by atoms with van der Waals surface area (Å²) in [5, 5.41) is 2.17. The van der Waals surface area contributed by atoms with E-state index in [1.807, 2.05) is 0 Å². The molecule has 1 saturated heterocycles. The normalized spacial score (nSPS) is 26.0. The monoisotopic (exact) mass is 172 g/mol. The predicted octanol–water partition coefficient (Wildman–Crippen LogP) is 1.56. The number of hydrazine groups is 1. The highest BCUT2D eigenvalue weighted by Gasteiger charge is 2.18. The molecule has 72 valence electrons. The largest absolute Gasteiger partial charge is 0.286 e. The molecule has 0 radical (unpaired) electrons. The summed E-state index contributed by atoms with van der Waals surface area (Å²) >= 11 is 0. The van der Waals surface area contributed by atoms with Gasteiger partial charge >= 0.3 is 0 Å². The Balaban J connectivity index is 2.20. The number of rotatable bonds is 4. The zero-order chi connectivity index (χ0) is 8.81. The van der Waals surface area contributed by atoms with E-state index in [-0.39, 0.29) is 0 Å². The van der Waals surface area contributed by atoms with Crippen molar-refractivity contribution < 1.29 is 4.84 Å². The summed E-state index contributed by atoms with van der Waals surface area (Å²) in [5.41, 5.74) is 2.94. The van der Waals surface area contributed by atoms with Crippen LogP contribution in [0.2, 0.25) is 0 Å². The summed E-state index contributed by atoms with van der Waals surface area (Å²) in [4.78, 5) is 5.28. The van der Waals surface area contributed by atoms with Crippen LogP contribution in [0.1, 0.15) is 33.1 Å². The van der Waals surface area contributed by atoms with Crippen molar-refractivity contribution in [2.75, 3.05) is 19.7 Å². The van der Waals surface area contributed by atoms with Crippen LogP contribution in [0.15, 0.2) is 0 Å². The van der Waals surface area contributed by atoms with E-state index in [4.69, 9.17) is 4.84 Å². The van der Waals surface area contributed by atoms with Crippen LogP contribution in [-0.2, 0) is 4.84 Å². The Hall–Kier alpha value is -0.120. The van der Waals surface area contributed by atoms with Gasteiger partial charge in [0, 0.05) is 13.1 Å². The van der Waals surface area contributed by atoms with Crippen molar-refractivity contribution in [2.45, 2.75) is 33.1 Å². The first-order chi connectivity index (χ1) is 5.86. The highest BCUT2D eigenvalue weighted by molar-refractivity contribution is 4.64. The van der Waals surface area contributed by atoms with Gasteiger partial charge in [0.1, 0.15) is 0 Å². The Morgan fingerprint density at radius 2 is 2.25 bits per heavy atom. The Morgan fingerprint density at radius 3 is 2.92 bits per heavy atom. The first kappa shape index (κ1) is 9.96. The Bertz CT molecular complexity index is 103. The molecule has 0 aliphatic carbocycles. The van der Waals surface area contributed by atoms with E-state index < -0.39 is 0 Å². The van der Waals surface area contributed by atoms with Gasteiger partial charge in [0.2, 0.25) is 0 Å². The first-order valence-electron chi connectivity index (χ1n) is 4.99. The van der Waals surface area contributed by atoms with E-state index in [1.54, 1.807) is 0 Å². The third-order valence-corrected chi connectivity index (χ3v) is 2.18. The first-order valence-corrected chi connectivity index (χ1v) is 4.99. The summed E-state index contributed by atoms with van der Waals surface area (Å²) in [6.07, 6.45) is 3.71. The van der Waals surface area contributed by atoms with Crippen LogP contribution in [0, 0.1) is 5.92 Å². The van der Waals surface area contributed by atoms with Crippen LogP contribution in [-0.4, -0.2) is 24.7 Å². The van der Waals surface area contributed by atoms with E-state index in [0.29, 0.717) is 0 Å². The van der Waals surface area contributed by atoms with E-state index >= 15 is 0 Å². The molecule has 0 bridgehead atoms. The maximum Gasteiger partial charge on any atom is 0.0739 e. The summed E-state index contributed by atoms with van der Waals surface area (Å²) in [5.74, 6) is 0.725.